The molecule has 0 radical (unpaired) electrons. The van der Waals surface area contributed by atoms with Crippen molar-refractivity contribution in [2.24, 2.45) is 0 Å². The van der Waals surface area contributed by atoms with Crippen LogP contribution < -0.4 is 0 Å². The normalized spacial score (nSPS) is 17.1. The van der Waals surface area contributed by atoms with Crippen LogP contribution in [0.5, 0.6) is 0 Å². The van der Waals surface area contributed by atoms with E-state index in [1.807, 2.05) is 13.8 Å². The smallest absolute Gasteiger partial charge is 0.0798 e. The molecule has 0 heterocycles. The zero-order valence-electron chi connectivity index (χ0n) is 8.53. The summed E-state index contributed by atoms with van der Waals surface area (Å²) in [7, 11) is 0. The van der Waals surface area contributed by atoms with Crippen molar-refractivity contribution in [3.8, 4) is 0 Å². The van der Waals surface area contributed by atoms with Crippen molar-refractivity contribution in [1.29, 1.82) is 0 Å². The van der Waals surface area contributed by atoms with Crippen LogP contribution in [0.15, 0.2) is 0 Å². The molecule has 0 fully saturated rings. The summed E-state index contributed by atoms with van der Waals surface area (Å²) in [5.74, 6) is 0. The summed E-state index contributed by atoms with van der Waals surface area (Å²) in [5, 5.41) is 26.6. The first-order valence-corrected chi connectivity index (χ1v) is 4.49. The molecule has 2 atom stereocenters. The highest BCUT2D eigenvalue weighted by atomic mass is 16.5. The lowest BCUT2D eigenvalue weighted by Crippen LogP contribution is -2.35. The third kappa shape index (κ3) is 5.99. The molecule has 0 aromatic rings. The van der Waals surface area contributed by atoms with E-state index in [9.17, 15) is 5.11 Å². The zero-order chi connectivity index (χ0) is 10.5. The largest absolute Gasteiger partial charge is 0.394 e. The van der Waals surface area contributed by atoms with Crippen LogP contribution in [-0.2, 0) is 4.74 Å². The van der Waals surface area contributed by atoms with E-state index in [0.29, 0.717) is 6.42 Å². The second-order valence-electron chi connectivity index (χ2n) is 3.91. The molecular weight excluding hydrogens is 172 g/mol. The van der Waals surface area contributed by atoms with Crippen LogP contribution in [0.25, 0.3) is 0 Å². The molecule has 0 aliphatic heterocycles. The van der Waals surface area contributed by atoms with Gasteiger partial charge in [0.05, 0.1) is 31.0 Å². The van der Waals surface area contributed by atoms with E-state index in [0.717, 1.165) is 0 Å². The fourth-order valence-electron chi connectivity index (χ4n) is 1.26. The molecule has 0 aliphatic carbocycles. The van der Waals surface area contributed by atoms with Gasteiger partial charge in [-0.1, -0.05) is 0 Å². The lowest BCUT2D eigenvalue weighted by molar-refractivity contribution is -0.105. The number of aliphatic hydroxyl groups excluding tert-OH is 3. The minimum absolute atomic E-state index is 0.0430. The molecular formula is C9H20O4. The van der Waals surface area contributed by atoms with Gasteiger partial charge in [-0.05, 0) is 20.8 Å². The zero-order valence-corrected chi connectivity index (χ0v) is 8.53. The van der Waals surface area contributed by atoms with Crippen LogP contribution in [0.3, 0.4) is 0 Å². The van der Waals surface area contributed by atoms with Crippen LogP contribution in [0.1, 0.15) is 27.2 Å². The molecule has 0 spiro atoms. The van der Waals surface area contributed by atoms with Crippen molar-refractivity contribution in [1.82, 2.24) is 0 Å². The topological polar surface area (TPSA) is 69.9 Å². The Kier molecular flexibility index (Phi) is 5.48. The molecule has 0 aromatic carbocycles. The Balaban J connectivity index is 3.92. The number of ether oxygens (including phenoxy) is 1. The molecule has 0 rings (SSSR count). The van der Waals surface area contributed by atoms with E-state index in [1.165, 1.54) is 0 Å². The van der Waals surface area contributed by atoms with E-state index >= 15 is 0 Å². The maximum absolute atomic E-state index is 9.19. The van der Waals surface area contributed by atoms with E-state index < -0.39 is 11.7 Å². The molecule has 0 aliphatic rings. The third-order valence-electron chi connectivity index (χ3n) is 1.72. The van der Waals surface area contributed by atoms with Gasteiger partial charge in [0.25, 0.3) is 0 Å². The predicted octanol–water partition coefficient (Wildman–Crippen LogP) is -0.0943. The summed E-state index contributed by atoms with van der Waals surface area (Å²) in [6, 6.07) is 0. The van der Waals surface area contributed by atoms with Crippen molar-refractivity contribution < 1.29 is 20.1 Å². The Labute approximate surface area is 79.2 Å². The summed E-state index contributed by atoms with van der Waals surface area (Å²) < 4.78 is 5.44. The van der Waals surface area contributed by atoms with Gasteiger partial charge in [0, 0.05) is 6.42 Å². The van der Waals surface area contributed by atoms with Crippen LogP contribution in [0, 0.1) is 0 Å². The molecule has 0 saturated heterocycles. The van der Waals surface area contributed by atoms with Crippen molar-refractivity contribution in [2.45, 2.75) is 45.0 Å². The SMILES string of the molecule is CC(CO)OC(C)(C)CC(O)CO. The number of hydrogen-bond acceptors (Lipinski definition) is 4. The lowest BCUT2D eigenvalue weighted by Gasteiger charge is -2.30. The van der Waals surface area contributed by atoms with Crippen LogP contribution >= 0.6 is 0 Å². The summed E-state index contributed by atoms with van der Waals surface area (Å²) >= 11 is 0. The van der Waals surface area contributed by atoms with E-state index in [2.05, 4.69) is 0 Å². The Morgan fingerprint density at radius 2 is 1.77 bits per heavy atom. The quantitative estimate of drug-likeness (QED) is 0.550. The monoisotopic (exact) mass is 192 g/mol. The van der Waals surface area contributed by atoms with Crippen LogP contribution in [-0.4, -0.2) is 46.3 Å². The fourth-order valence-corrected chi connectivity index (χ4v) is 1.26. The predicted molar refractivity (Wildman–Crippen MR) is 49.4 cm³/mol. The van der Waals surface area contributed by atoms with Crippen LogP contribution in [0.2, 0.25) is 0 Å². The highest BCUT2D eigenvalue weighted by molar-refractivity contribution is 4.74. The summed E-state index contributed by atoms with van der Waals surface area (Å²) in [5.41, 5.74) is -0.524. The number of hydrogen-bond donors (Lipinski definition) is 3. The Morgan fingerprint density at radius 1 is 1.23 bits per heavy atom. The van der Waals surface area contributed by atoms with E-state index in [1.54, 1.807) is 6.92 Å². The van der Waals surface area contributed by atoms with Gasteiger partial charge in [-0.3, -0.25) is 0 Å². The van der Waals surface area contributed by atoms with E-state index in [4.69, 9.17) is 14.9 Å². The molecule has 3 N–H and O–H groups in total. The summed E-state index contributed by atoms with van der Waals surface area (Å²) in [6.45, 7) is 5.09. The molecule has 2 unspecified atom stereocenters. The average molecular weight is 192 g/mol. The first-order chi connectivity index (χ1) is 5.91. The van der Waals surface area contributed by atoms with Gasteiger partial charge in [-0.15, -0.1) is 0 Å². The Morgan fingerprint density at radius 3 is 2.15 bits per heavy atom. The molecule has 0 amide bonds. The second kappa shape index (κ2) is 5.54. The maximum atomic E-state index is 9.19. The molecule has 0 saturated carbocycles. The summed E-state index contributed by atoms with van der Waals surface area (Å²) in [6.07, 6.45) is -0.657. The molecule has 0 bridgehead atoms. The minimum Gasteiger partial charge on any atom is -0.394 e. The highest BCUT2D eigenvalue weighted by Crippen LogP contribution is 2.18. The van der Waals surface area contributed by atoms with Gasteiger partial charge < -0.3 is 20.1 Å². The molecule has 0 aromatic heterocycles. The average Bonchev–Trinajstić information content (AvgIpc) is 2.02. The molecule has 4 nitrogen and oxygen atoms in total. The molecule has 80 valence electrons. The lowest BCUT2D eigenvalue weighted by atomic mass is 10.0. The fraction of sp³-hybridized carbons (Fsp3) is 1.00. The number of aliphatic hydroxyl groups is 3. The van der Waals surface area contributed by atoms with Gasteiger partial charge in [0.15, 0.2) is 0 Å². The third-order valence-corrected chi connectivity index (χ3v) is 1.72. The van der Waals surface area contributed by atoms with Gasteiger partial charge in [0.2, 0.25) is 0 Å². The Hall–Kier alpha value is -0.160. The Bertz CT molecular complexity index is 122. The van der Waals surface area contributed by atoms with Gasteiger partial charge >= 0.3 is 0 Å². The highest BCUT2D eigenvalue weighted by Gasteiger charge is 2.24. The summed E-state index contributed by atoms with van der Waals surface area (Å²) in [4.78, 5) is 0. The first kappa shape index (κ1) is 12.8. The van der Waals surface area contributed by atoms with Gasteiger partial charge in [0.1, 0.15) is 0 Å². The van der Waals surface area contributed by atoms with Crippen molar-refractivity contribution in [3.05, 3.63) is 0 Å². The molecule has 4 heteroatoms. The minimum atomic E-state index is -0.763. The number of rotatable bonds is 6. The second-order valence-corrected chi connectivity index (χ2v) is 3.91. The van der Waals surface area contributed by atoms with Crippen molar-refractivity contribution in [3.63, 3.8) is 0 Å². The van der Waals surface area contributed by atoms with E-state index in [-0.39, 0.29) is 19.3 Å². The standard InChI is InChI=1S/C9H20O4/c1-7(5-10)13-9(2,3)4-8(12)6-11/h7-8,10-12H,4-6H2,1-3H3. The van der Waals surface area contributed by atoms with Crippen molar-refractivity contribution in [2.75, 3.05) is 13.2 Å². The maximum Gasteiger partial charge on any atom is 0.0798 e. The van der Waals surface area contributed by atoms with Gasteiger partial charge in [-0.2, -0.15) is 0 Å². The first-order valence-electron chi connectivity index (χ1n) is 4.49. The van der Waals surface area contributed by atoms with Crippen molar-refractivity contribution >= 4 is 0 Å². The van der Waals surface area contributed by atoms with Crippen LogP contribution in [0.4, 0.5) is 0 Å². The van der Waals surface area contributed by atoms with Gasteiger partial charge in [-0.25, -0.2) is 0 Å². The molecule has 13 heavy (non-hydrogen) atoms.